The Morgan fingerprint density at radius 1 is 1.22 bits per heavy atom. The lowest BCUT2D eigenvalue weighted by Gasteiger charge is -2.17. The van der Waals surface area contributed by atoms with Crippen LogP contribution in [-0.4, -0.2) is 20.0 Å². The van der Waals surface area contributed by atoms with Crippen molar-refractivity contribution in [3.63, 3.8) is 0 Å². The number of rotatable bonds is 3. The molecule has 1 aromatic carbocycles. The zero-order valence-electron chi connectivity index (χ0n) is 13.0. The van der Waals surface area contributed by atoms with Crippen molar-refractivity contribution in [3.8, 4) is 11.6 Å². The molecule has 0 bridgehead atoms. The molecule has 0 amide bonds. The topological polar surface area (TPSA) is 52.8 Å². The second kappa shape index (κ2) is 5.88. The summed E-state index contributed by atoms with van der Waals surface area (Å²) in [6.07, 6.45) is 0. The minimum atomic E-state index is -0.587. The Hall–Kier alpha value is -2.02. The molecule has 0 saturated heterocycles. The van der Waals surface area contributed by atoms with Crippen molar-refractivity contribution in [3.05, 3.63) is 40.8 Å². The van der Waals surface area contributed by atoms with Gasteiger partial charge in [-0.1, -0.05) is 32.1 Å². The number of pyridine rings is 1. The summed E-state index contributed by atoms with van der Waals surface area (Å²) in [6.45, 7) is 7.18. The summed E-state index contributed by atoms with van der Waals surface area (Å²) < 4.78 is 21.3. The highest BCUT2D eigenvalue weighted by molar-refractivity contribution is 9.10. The molecule has 2 aromatic heterocycles. The first-order valence-corrected chi connectivity index (χ1v) is 7.95. The summed E-state index contributed by atoms with van der Waals surface area (Å²) >= 11 is 3.49. The number of hydrogen-bond donors (Lipinski definition) is 0. The molecule has 0 spiro atoms. The van der Waals surface area contributed by atoms with Gasteiger partial charge in [0, 0.05) is 12.6 Å². The monoisotopic (exact) mass is 378 g/mol. The molecule has 2 heterocycles. The van der Waals surface area contributed by atoms with E-state index in [1.54, 1.807) is 18.2 Å². The third-order valence-electron chi connectivity index (χ3n) is 3.12. The van der Waals surface area contributed by atoms with E-state index >= 15 is 0 Å². The van der Waals surface area contributed by atoms with Gasteiger partial charge in [0.25, 0.3) is 0 Å². The Morgan fingerprint density at radius 2 is 2.00 bits per heavy atom. The maximum Gasteiger partial charge on any atom is 0.221 e. The molecule has 0 atom stereocenters. The smallest absolute Gasteiger partial charge is 0.221 e. The first-order valence-electron chi connectivity index (χ1n) is 7.16. The van der Waals surface area contributed by atoms with Gasteiger partial charge in [-0.25, -0.2) is 4.68 Å². The van der Waals surface area contributed by atoms with E-state index in [4.69, 9.17) is 4.74 Å². The molecule has 23 heavy (non-hydrogen) atoms. The van der Waals surface area contributed by atoms with Crippen LogP contribution in [0.1, 0.15) is 20.8 Å². The van der Waals surface area contributed by atoms with Crippen LogP contribution in [0.3, 0.4) is 0 Å². The highest BCUT2D eigenvalue weighted by Gasteiger charge is 2.17. The molecule has 0 unspecified atom stereocenters. The van der Waals surface area contributed by atoms with E-state index in [9.17, 15) is 4.39 Å². The van der Waals surface area contributed by atoms with Crippen LogP contribution in [0.15, 0.2) is 34.8 Å². The minimum absolute atomic E-state index is 0.0910. The number of halogens is 2. The molecule has 0 radical (unpaired) electrons. The van der Waals surface area contributed by atoms with Gasteiger partial charge in [-0.2, -0.15) is 9.37 Å². The molecule has 3 rings (SSSR count). The Balaban J connectivity index is 1.96. The highest BCUT2D eigenvalue weighted by atomic mass is 79.9. The van der Waals surface area contributed by atoms with E-state index in [0.29, 0.717) is 15.7 Å². The van der Waals surface area contributed by atoms with Gasteiger partial charge in [-0.15, -0.1) is 5.10 Å². The molecular formula is C16H16BrFN4O. The molecule has 0 saturated carbocycles. The number of ether oxygens (including phenoxy) is 1. The van der Waals surface area contributed by atoms with Gasteiger partial charge in [0.05, 0.1) is 9.99 Å². The number of hydrogen-bond acceptors (Lipinski definition) is 4. The van der Waals surface area contributed by atoms with Gasteiger partial charge in [-0.05, 0) is 39.5 Å². The average Bonchev–Trinajstić information content (AvgIpc) is 2.84. The van der Waals surface area contributed by atoms with Crippen molar-refractivity contribution in [1.29, 1.82) is 0 Å². The Morgan fingerprint density at radius 3 is 2.70 bits per heavy atom. The van der Waals surface area contributed by atoms with Gasteiger partial charge in [0.15, 0.2) is 0 Å². The van der Waals surface area contributed by atoms with Gasteiger partial charge in [-0.3, -0.25) is 0 Å². The normalized spacial score (nSPS) is 11.9. The lowest BCUT2D eigenvalue weighted by atomic mass is 9.97. The van der Waals surface area contributed by atoms with Crippen LogP contribution >= 0.6 is 15.9 Å². The minimum Gasteiger partial charge on any atom is -0.438 e. The standard InChI is InChI=1S/C16H16BrFN4O/c1-16(2,3)9-22-10-7-8-11(14(17)15(10)20-21-22)23-13-6-4-5-12(18)19-13/h4-8H,9H2,1-3H3. The summed E-state index contributed by atoms with van der Waals surface area (Å²) in [5.74, 6) is 0.112. The van der Waals surface area contributed by atoms with Crippen molar-refractivity contribution in [2.45, 2.75) is 27.3 Å². The summed E-state index contributed by atoms with van der Waals surface area (Å²) in [4.78, 5) is 3.69. The first kappa shape index (κ1) is 15.9. The van der Waals surface area contributed by atoms with Crippen molar-refractivity contribution < 1.29 is 9.13 Å². The molecule has 0 aliphatic carbocycles. The predicted molar refractivity (Wildman–Crippen MR) is 89.0 cm³/mol. The van der Waals surface area contributed by atoms with E-state index < -0.39 is 5.95 Å². The van der Waals surface area contributed by atoms with E-state index in [1.807, 2.05) is 10.7 Å². The van der Waals surface area contributed by atoms with Crippen molar-refractivity contribution >= 4 is 27.0 Å². The average molecular weight is 379 g/mol. The summed E-state index contributed by atoms with van der Waals surface area (Å²) in [7, 11) is 0. The van der Waals surface area contributed by atoms with E-state index in [-0.39, 0.29) is 11.3 Å². The van der Waals surface area contributed by atoms with Crippen LogP contribution in [-0.2, 0) is 6.54 Å². The van der Waals surface area contributed by atoms with Crippen LogP contribution in [0.5, 0.6) is 11.6 Å². The number of nitrogens with zero attached hydrogens (tertiary/aromatic N) is 4. The molecular weight excluding hydrogens is 363 g/mol. The first-order chi connectivity index (χ1) is 10.8. The number of aromatic nitrogens is 4. The third kappa shape index (κ3) is 3.50. The maximum atomic E-state index is 13.2. The molecule has 5 nitrogen and oxygen atoms in total. The molecule has 7 heteroatoms. The summed E-state index contributed by atoms with van der Waals surface area (Å²) in [6, 6.07) is 8.09. The Labute approximate surface area is 141 Å². The molecule has 0 N–H and O–H groups in total. The fraction of sp³-hybridized carbons (Fsp3) is 0.312. The zero-order chi connectivity index (χ0) is 16.6. The third-order valence-corrected chi connectivity index (χ3v) is 3.88. The largest absolute Gasteiger partial charge is 0.438 e. The Bertz CT molecular complexity index is 857. The van der Waals surface area contributed by atoms with Gasteiger partial charge < -0.3 is 4.74 Å². The second-order valence-corrected chi connectivity index (χ2v) is 7.25. The zero-order valence-corrected chi connectivity index (χ0v) is 14.6. The second-order valence-electron chi connectivity index (χ2n) is 6.45. The van der Waals surface area contributed by atoms with E-state index in [2.05, 4.69) is 52.0 Å². The van der Waals surface area contributed by atoms with Crippen molar-refractivity contribution in [2.24, 2.45) is 5.41 Å². The SMILES string of the molecule is CC(C)(C)Cn1nnc2c(Br)c(Oc3cccc(F)n3)ccc21. The number of benzene rings is 1. The number of fused-ring (bicyclic) bond motifs is 1. The quantitative estimate of drug-likeness (QED) is 0.626. The van der Waals surface area contributed by atoms with Gasteiger partial charge >= 0.3 is 0 Å². The van der Waals surface area contributed by atoms with Crippen molar-refractivity contribution in [2.75, 3.05) is 0 Å². The predicted octanol–water partition coefficient (Wildman–Crippen LogP) is 4.57. The van der Waals surface area contributed by atoms with Gasteiger partial charge in [0.2, 0.25) is 11.8 Å². The molecule has 0 fully saturated rings. The lowest BCUT2D eigenvalue weighted by molar-refractivity contribution is 0.327. The molecule has 0 aliphatic heterocycles. The summed E-state index contributed by atoms with van der Waals surface area (Å²) in [5.41, 5.74) is 1.70. The van der Waals surface area contributed by atoms with E-state index in [0.717, 1.165) is 12.1 Å². The van der Waals surface area contributed by atoms with Crippen LogP contribution in [0, 0.1) is 11.4 Å². The summed E-state index contributed by atoms with van der Waals surface area (Å²) in [5, 5.41) is 8.42. The fourth-order valence-electron chi connectivity index (χ4n) is 2.19. The van der Waals surface area contributed by atoms with Crippen LogP contribution in [0.4, 0.5) is 4.39 Å². The van der Waals surface area contributed by atoms with Gasteiger partial charge in [0.1, 0.15) is 11.3 Å². The van der Waals surface area contributed by atoms with Crippen LogP contribution in [0.25, 0.3) is 11.0 Å². The molecule has 3 aromatic rings. The van der Waals surface area contributed by atoms with Crippen LogP contribution < -0.4 is 4.74 Å². The molecule has 0 aliphatic rings. The maximum absolute atomic E-state index is 13.2. The lowest BCUT2D eigenvalue weighted by Crippen LogP contribution is -2.16. The van der Waals surface area contributed by atoms with Crippen molar-refractivity contribution in [1.82, 2.24) is 20.0 Å². The fourth-order valence-corrected chi connectivity index (χ4v) is 2.69. The Kier molecular flexibility index (Phi) is 4.06. The molecule has 120 valence electrons. The highest BCUT2D eigenvalue weighted by Crippen LogP contribution is 2.34. The van der Waals surface area contributed by atoms with Crippen LogP contribution in [0.2, 0.25) is 0 Å². The van der Waals surface area contributed by atoms with E-state index in [1.165, 1.54) is 6.07 Å².